The van der Waals surface area contributed by atoms with E-state index in [1.807, 2.05) is 0 Å². The van der Waals surface area contributed by atoms with E-state index in [1.54, 1.807) is 34.6 Å². The summed E-state index contributed by atoms with van der Waals surface area (Å²) in [5.74, 6) is -1.21. The van der Waals surface area contributed by atoms with E-state index >= 15 is 0 Å². The number of alkyl carbamates (subject to hydrolysis) is 2. The van der Waals surface area contributed by atoms with E-state index in [4.69, 9.17) is 18.9 Å². The van der Waals surface area contributed by atoms with Crippen LogP contribution in [0.1, 0.15) is 47.5 Å². The Morgan fingerprint density at radius 1 is 0.880 bits per heavy atom. The van der Waals surface area contributed by atoms with Crippen LogP contribution in [0.2, 0.25) is 0 Å². The van der Waals surface area contributed by atoms with Crippen LogP contribution in [0.25, 0.3) is 0 Å². The molecule has 2 amide bonds. The molecule has 0 aliphatic rings. The van der Waals surface area contributed by atoms with E-state index in [1.165, 1.54) is 0 Å². The summed E-state index contributed by atoms with van der Waals surface area (Å²) in [5, 5.41) is 4.53. The molecule has 0 atom stereocenters. The number of hydrogen-bond donors (Lipinski definition) is 2. The monoisotopic (exact) mass is 362 g/mol. The van der Waals surface area contributed by atoms with Crippen LogP contribution in [-0.2, 0) is 28.5 Å². The predicted octanol–water partition coefficient (Wildman–Crippen LogP) is 1.43. The van der Waals surface area contributed by atoms with Crippen LogP contribution in [-0.4, -0.2) is 49.3 Å². The van der Waals surface area contributed by atoms with Crippen molar-refractivity contribution in [3.8, 4) is 0 Å². The molecule has 0 unspecified atom stereocenters. The Balaban J connectivity index is 4.21. The lowest BCUT2D eigenvalue weighted by Crippen LogP contribution is -2.41. The first-order valence-corrected chi connectivity index (χ1v) is 7.83. The first kappa shape index (κ1) is 22.5. The number of ether oxygens (including phenoxy) is 4. The fourth-order valence-corrected chi connectivity index (χ4v) is 1.25. The number of rotatable bonds is 8. The molecule has 0 aromatic heterocycles. The van der Waals surface area contributed by atoms with E-state index in [0.29, 0.717) is 0 Å². The summed E-state index contributed by atoms with van der Waals surface area (Å²) < 4.78 is 19.4. The first-order chi connectivity index (χ1) is 11.6. The van der Waals surface area contributed by atoms with Crippen LogP contribution in [0.5, 0.6) is 0 Å². The zero-order valence-corrected chi connectivity index (χ0v) is 15.2. The van der Waals surface area contributed by atoms with Crippen molar-refractivity contribution in [3.05, 3.63) is 0 Å². The van der Waals surface area contributed by atoms with Crippen molar-refractivity contribution < 1.29 is 38.1 Å². The van der Waals surface area contributed by atoms with Crippen LogP contribution < -0.4 is 10.6 Å². The number of nitrogens with one attached hydrogen (secondary N) is 2. The van der Waals surface area contributed by atoms with E-state index in [9.17, 15) is 19.2 Å². The highest BCUT2D eigenvalue weighted by atomic mass is 16.7. The van der Waals surface area contributed by atoms with E-state index in [2.05, 4.69) is 10.6 Å². The molecule has 0 saturated carbocycles. The fourth-order valence-electron chi connectivity index (χ4n) is 1.25. The number of carbonyl (C=O) groups excluding carboxylic acids is 4. The topological polar surface area (TPSA) is 129 Å². The Morgan fingerprint density at radius 2 is 1.36 bits per heavy atom. The molecule has 0 aromatic carbocycles. The van der Waals surface area contributed by atoms with Gasteiger partial charge in [-0.1, -0.05) is 13.8 Å². The third kappa shape index (κ3) is 12.6. The third-order valence-corrected chi connectivity index (χ3v) is 2.32. The molecule has 0 aromatic rings. The third-order valence-electron chi connectivity index (χ3n) is 2.32. The quantitative estimate of drug-likeness (QED) is 0.377. The molecule has 0 bridgehead atoms. The normalized spacial score (nSPS) is 10.6. The van der Waals surface area contributed by atoms with Crippen molar-refractivity contribution in [3.63, 3.8) is 0 Å². The predicted molar refractivity (Wildman–Crippen MR) is 85.3 cm³/mol. The minimum Gasteiger partial charge on any atom is -0.444 e. The molecular weight excluding hydrogens is 336 g/mol. The Morgan fingerprint density at radius 3 is 1.80 bits per heavy atom. The molecule has 0 rings (SSSR count). The largest absolute Gasteiger partial charge is 0.444 e. The maximum absolute atomic E-state index is 11.5. The molecule has 0 aliphatic heterocycles. The molecule has 10 nitrogen and oxygen atoms in total. The Labute approximate surface area is 146 Å². The van der Waals surface area contributed by atoms with Crippen LogP contribution in [0.3, 0.4) is 0 Å². The van der Waals surface area contributed by atoms with Crippen molar-refractivity contribution >= 4 is 24.1 Å². The molecule has 144 valence electrons. The van der Waals surface area contributed by atoms with Crippen LogP contribution in [0.4, 0.5) is 9.59 Å². The van der Waals surface area contributed by atoms with Crippen LogP contribution in [0.15, 0.2) is 0 Å². The summed E-state index contributed by atoms with van der Waals surface area (Å²) in [5.41, 5.74) is -0.663. The maximum atomic E-state index is 11.5. The van der Waals surface area contributed by atoms with Gasteiger partial charge in [-0.2, -0.15) is 0 Å². The Hall–Kier alpha value is -2.52. The minimum absolute atomic E-state index is 0.0756. The molecule has 0 fully saturated rings. The van der Waals surface area contributed by atoms with Crippen molar-refractivity contribution in [2.75, 3.05) is 13.3 Å². The van der Waals surface area contributed by atoms with Crippen LogP contribution in [0, 0.1) is 0 Å². The van der Waals surface area contributed by atoms with Gasteiger partial charge in [-0.05, 0) is 20.8 Å². The van der Waals surface area contributed by atoms with Gasteiger partial charge in [0.25, 0.3) is 6.29 Å². The van der Waals surface area contributed by atoms with Gasteiger partial charge in [0.15, 0.2) is 6.61 Å². The van der Waals surface area contributed by atoms with E-state index < -0.39 is 42.6 Å². The van der Waals surface area contributed by atoms with E-state index in [0.717, 1.165) is 0 Å². The Bertz CT molecular complexity index is 455. The van der Waals surface area contributed by atoms with E-state index in [-0.39, 0.29) is 19.5 Å². The molecule has 10 heteroatoms. The van der Waals surface area contributed by atoms with Gasteiger partial charge in [-0.3, -0.25) is 9.59 Å². The highest BCUT2D eigenvalue weighted by Gasteiger charge is 2.20. The molecule has 0 spiro atoms. The second kappa shape index (κ2) is 11.1. The lowest BCUT2D eigenvalue weighted by molar-refractivity contribution is -0.193. The summed E-state index contributed by atoms with van der Waals surface area (Å²) in [6.07, 6.45) is -2.79. The highest BCUT2D eigenvalue weighted by molar-refractivity contribution is 5.71. The van der Waals surface area contributed by atoms with Gasteiger partial charge in [0.2, 0.25) is 0 Å². The summed E-state index contributed by atoms with van der Waals surface area (Å²) in [6.45, 7) is 7.52. The van der Waals surface area contributed by atoms with Gasteiger partial charge in [-0.15, -0.1) is 0 Å². The van der Waals surface area contributed by atoms with Crippen molar-refractivity contribution in [2.24, 2.45) is 0 Å². The van der Waals surface area contributed by atoms with Crippen molar-refractivity contribution in [1.82, 2.24) is 10.6 Å². The summed E-state index contributed by atoms with van der Waals surface area (Å²) in [7, 11) is 0. The number of hydrogen-bond acceptors (Lipinski definition) is 8. The van der Waals surface area contributed by atoms with Crippen molar-refractivity contribution in [1.29, 1.82) is 0 Å². The zero-order chi connectivity index (χ0) is 19.5. The van der Waals surface area contributed by atoms with Crippen molar-refractivity contribution in [2.45, 2.75) is 59.4 Å². The lowest BCUT2D eigenvalue weighted by Gasteiger charge is -2.20. The average molecular weight is 362 g/mol. The van der Waals surface area contributed by atoms with Crippen LogP contribution >= 0.6 is 0 Å². The molecule has 0 heterocycles. The average Bonchev–Trinajstić information content (AvgIpc) is 2.50. The molecule has 0 radical (unpaired) electrons. The summed E-state index contributed by atoms with van der Waals surface area (Å²) in [4.78, 5) is 45.4. The number of carbonyl (C=O) groups is 4. The maximum Gasteiger partial charge on any atom is 0.409 e. The molecule has 0 saturated heterocycles. The molecular formula is C15H26N2O8. The zero-order valence-electron chi connectivity index (χ0n) is 15.2. The van der Waals surface area contributed by atoms with Gasteiger partial charge in [0.05, 0.1) is 6.67 Å². The minimum atomic E-state index is -1.33. The number of esters is 2. The molecule has 2 N–H and O–H groups in total. The van der Waals surface area contributed by atoms with Gasteiger partial charge in [-0.25, -0.2) is 9.59 Å². The lowest BCUT2D eigenvalue weighted by atomic mass is 10.2. The second-order valence-electron chi connectivity index (χ2n) is 5.75. The molecule has 25 heavy (non-hydrogen) atoms. The molecule has 0 aliphatic carbocycles. The van der Waals surface area contributed by atoms with Gasteiger partial charge >= 0.3 is 24.1 Å². The Kier molecular flexibility index (Phi) is 9.99. The highest BCUT2D eigenvalue weighted by Crippen LogP contribution is 2.06. The standard InChI is InChI=1S/C15H26N2O8/c1-6-10(18)23-12(24-11(19)7-2)8-22-13(20)16-9-17-14(21)25-15(3,4)5/h12H,6-9H2,1-5H3,(H,16,20)(H,17,21). The smallest absolute Gasteiger partial charge is 0.409 e. The van der Waals surface area contributed by atoms with Gasteiger partial charge in [0, 0.05) is 12.8 Å². The fraction of sp³-hybridized carbons (Fsp3) is 0.733. The summed E-state index contributed by atoms with van der Waals surface area (Å²) in [6, 6.07) is 0. The summed E-state index contributed by atoms with van der Waals surface area (Å²) >= 11 is 0. The first-order valence-electron chi connectivity index (χ1n) is 7.83. The van der Waals surface area contributed by atoms with Gasteiger partial charge < -0.3 is 29.6 Å². The SMILES string of the molecule is CCC(=O)OC(COC(=O)NCNC(=O)OC(C)(C)C)OC(=O)CC. The van der Waals surface area contributed by atoms with Gasteiger partial charge in [0.1, 0.15) is 5.60 Å². The number of amides is 2. The second-order valence-corrected chi connectivity index (χ2v) is 5.75.